The zero-order chi connectivity index (χ0) is 16.7. The molecule has 0 aliphatic heterocycles. The molecule has 0 aromatic heterocycles. The molecule has 0 aliphatic rings. The number of hydrogen-bond acceptors (Lipinski definition) is 5. The van der Waals surface area contributed by atoms with Crippen molar-refractivity contribution in [2.75, 3.05) is 13.2 Å². The predicted molar refractivity (Wildman–Crippen MR) is 84.0 cm³/mol. The molecule has 0 radical (unpaired) electrons. The molecule has 0 heterocycles. The van der Waals surface area contributed by atoms with Gasteiger partial charge in [0.25, 0.3) is 0 Å². The maximum absolute atomic E-state index is 11.7. The van der Waals surface area contributed by atoms with Crippen LogP contribution >= 0.6 is 0 Å². The zero-order valence-electron chi connectivity index (χ0n) is 13.3. The molecular weight excluding hydrogens is 284 g/mol. The Balaban J connectivity index is 2.73. The summed E-state index contributed by atoms with van der Waals surface area (Å²) in [5.74, 6) is -0.237. The summed E-state index contributed by atoms with van der Waals surface area (Å²) >= 11 is 0. The van der Waals surface area contributed by atoms with E-state index < -0.39 is 12.0 Å². The van der Waals surface area contributed by atoms with Crippen molar-refractivity contribution in [3.63, 3.8) is 0 Å². The lowest BCUT2D eigenvalue weighted by molar-refractivity contribution is -0.117. The molecule has 22 heavy (non-hydrogen) atoms. The van der Waals surface area contributed by atoms with E-state index in [1.165, 1.54) is 6.92 Å². The highest BCUT2D eigenvalue weighted by atomic mass is 16.5. The van der Waals surface area contributed by atoms with Crippen LogP contribution in [-0.4, -0.2) is 42.1 Å². The summed E-state index contributed by atoms with van der Waals surface area (Å²) in [4.78, 5) is 22.6. The van der Waals surface area contributed by atoms with Gasteiger partial charge in [0.05, 0.1) is 12.0 Å². The molecule has 1 atom stereocenters. The highest BCUT2D eigenvalue weighted by molar-refractivity contribution is 5.97. The first-order chi connectivity index (χ1) is 10.3. The molecule has 1 amide bonds. The molecule has 122 valence electrons. The van der Waals surface area contributed by atoms with E-state index in [1.807, 2.05) is 13.8 Å². The minimum Gasteiger partial charge on any atom is -0.490 e. The number of carbonyl (C=O) groups is 2. The second-order valence-electron chi connectivity index (χ2n) is 5.56. The minimum atomic E-state index is -0.674. The molecule has 1 rings (SSSR count). The van der Waals surface area contributed by atoms with Gasteiger partial charge in [0.15, 0.2) is 5.78 Å². The number of nitrogens with two attached hydrogens (primary N) is 1. The predicted octanol–water partition coefficient (Wildman–Crippen LogP) is 0.655. The molecule has 0 fully saturated rings. The maximum atomic E-state index is 11.7. The number of rotatable bonds is 9. The Kier molecular flexibility index (Phi) is 7.01. The molecule has 6 heteroatoms. The fraction of sp³-hybridized carbons (Fsp3) is 0.500. The molecule has 0 saturated carbocycles. The minimum absolute atomic E-state index is 0.0709. The summed E-state index contributed by atoms with van der Waals surface area (Å²) in [7, 11) is 0. The average Bonchev–Trinajstić information content (AvgIpc) is 2.42. The monoisotopic (exact) mass is 308 g/mol. The molecule has 1 aromatic rings. The highest BCUT2D eigenvalue weighted by Gasteiger charge is 2.13. The van der Waals surface area contributed by atoms with Crippen LogP contribution in [0.25, 0.3) is 0 Å². The largest absolute Gasteiger partial charge is 0.490 e. The van der Waals surface area contributed by atoms with E-state index in [2.05, 4.69) is 5.32 Å². The van der Waals surface area contributed by atoms with Gasteiger partial charge in [0.2, 0.25) is 5.91 Å². The van der Waals surface area contributed by atoms with Gasteiger partial charge in [-0.25, -0.2) is 0 Å². The van der Waals surface area contributed by atoms with Gasteiger partial charge in [0.1, 0.15) is 18.5 Å². The standard InChI is InChI=1S/C16H24N2O4/c1-10(2)18-8-13(20)9-22-15-5-4-12(7-16(17)21)6-14(15)11(3)19/h4-6,10,13,18,20H,7-9H2,1-3H3,(H2,17,21). The number of ether oxygens (including phenoxy) is 1. The Bertz CT molecular complexity index is 529. The Morgan fingerprint density at radius 2 is 2.05 bits per heavy atom. The van der Waals surface area contributed by atoms with Gasteiger partial charge in [-0.15, -0.1) is 0 Å². The van der Waals surface area contributed by atoms with E-state index in [1.54, 1.807) is 18.2 Å². The van der Waals surface area contributed by atoms with Gasteiger partial charge in [-0.1, -0.05) is 19.9 Å². The fourth-order valence-corrected chi connectivity index (χ4v) is 1.91. The number of primary amides is 1. The van der Waals surface area contributed by atoms with Crippen LogP contribution in [0.3, 0.4) is 0 Å². The van der Waals surface area contributed by atoms with Gasteiger partial charge < -0.3 is 20.9 Å². The van der Waals surface area contributed by atoms with Crippen molar-refractivity contribution in [2.45, 2.75) is 39.3 Å². The zero-order valence-corrected chi connectivity index (χ0v) is 13.3. The molecule has 0 spiro atoms. The van der Waals surface area contributed by atoms with Gasteiger partial charge in [-0.3, -0.25) is 9.59 Å². The summed E-state index contributed by atoms with van der Waals surface area (Å²) in [6, 6.07) is 5.18. The smallest absolute Gasteiger partial charge is 0.221 e. The molecule has 4 N–H and O–H groups in total. The van der Waals surface area contributed by atoms with Crippen LogP contribution in [0.15, 0.2) is 18.2 Å². The third-order valence-electron chi connectivity index (χ3n) is 2.99. The third kappa shape index (κ3) is 6.24. The van der Waals surface area contributed by atoms with E-state index in [9.17, 15) is 14.7 Å². The van der Waals surface area contributed by atoms with Crippen molar-refractivity contribution in [3.8, 4) is 5.75 Å². The molecule has 0 saturated heterocycles. The van der Waals surface area contributed by atoms with Gasteiger partial charge >= 0.3 is 0 Å². The van der Waals surface area contributed by atoms with Crippen LogP contribution in [-0.2, 0) is 11.2 Å². The number of benzene rings is 1. The number of Topliss-reactive ketones (excluding diaryl/α,β-unsaturated/α-hetero) is 1. The molecule has 0 bridgehead atoms. The SMILES string of the molecule is CC(=O)c1cc(CC(N)=O)ccc1OCC(O)CNC(C)C. The lowest BCUT2D eigenvalue weighted by Gasteiger charge is -2.16. The van der Waals surface area contributed by atoms with Crippen molar-refractivity contribution >= 4 is 11.7 Å². The lowest BCUT2D eigenvalue weighted by atomic mass is 10.0. The number of ketones is 1. The number of nitrogens with one attached hydrogen (secondary N) is 1. The number of carbonyl (C=O) groups excluding carboxylic acids is 2. The van der Waals surface area contributed by atoms with Crippen molar-refractivity contribution in [3.05, 3.63) is 29.3 Å². The van der Waals surface area contributed by atoms with Gasteiger partial charge in [-0.05, 0) is 24.6 Å². The summed E-state index contributed by atoms with van der Waals surface area (Å²) in [6.07, 6.45) is -0.603. The van der Waals surface area contributed by atoms with E-state index >= 15 is 0 Å². The Morgan fingerprint density at radius 1 is 1.36 bits per heavy atom. The van der Waals surface area contributed by atoms with Crippen molar-refractivity contribution in [2.24, 2.45) is 5.73 Å². The summed E-state index contributed by atoms with van der Waals surface area (Å²) in [6.45, 7) is 5.88. The van der Waals surface area contributed by atoms with Crippen LogP contribution in [0.2, 0.25) is 0 Å². The number of aliphatic hydroxyl groups excluding tert-OH is 1. The van der Waals surface area contributed by atoms with Gasteiger partial charge in [0, 0.05) is 12.6 Å². The van der Waals surface area contributed by atoms with Crippen LogP contribution in [0.5, 0.6) is 5.75 Å². The maximum Gasteiger partial charge on any atom is 0.221 e. The summed E-state index contributed by atoms with van der Waals surface area (Å²) < 4.78 is 5.53. The fourth-order valence-electron chi connectivity index (χ4n) is 1.91. The number of aliphatic hydroxyl groups is 1. The van der Waals surface area contributed by atoms with Crippen LogP contribution in [0, 0.1) is 0 Å². The molecule has 1 unspecified atom stereocenters. The lowest BCUT2D eigenvalue weighted by Crippen LogP contribution is -2.35. The van der Waals surface area contributed by atoms with E-state index in [4.69, 9.17) is 10.5 Å². The molecule has 1 aromatic carbocycles. The molecule has 6 nitrogen and oxygen atoms in total. The Hall–Kier alpha value is -1.92. The summed E-state index contributed by atoms with van der Waals surface area (Å²) in [5.41, 5.74) is 6.19. The summed E-state index contributed by atoms with van der Waals surface area (Å²) in [5, 5.41) is 12.9. The van der Waals surface area contributed by atoms with Crippen molar-refractivity contribution in [1.82, 2.24) is 5.32 Å². The highest BCUT2D eigenvalue weighted by Crippen LogP contribution is 2.21. The second kappa shape index (κ2) is 8.51. The first-order valence-electron chi connectivity index (χ1n) is 7.26. The van der Waals surface area contributed by atoms with Crippen LogP contribution in [0.4, 0.5) is 0 Å². The van der Waals surface area contributed by atoms with E-state index in [0.717, 1.165) is 0 Å². The quantitative estimate of drug-likeness (QED) is 0.582. The van der Waals surface area contributed by atoms with E-state index in [0.29, 0.717) is 23.4 Å². The Labute approximate surface area is 130 Å². The van der Waals surface area contributed by atoms with Crippen LogP contribution < -0.4 is 15.8 Å². The molecule has 0 aliphatic carbocycles. The number of amides is 1. The second-order valence-corrected chi connectivity index (χ2v) is 5.56. The Morgan fingerprint density at radius 3 is 2.59 bits per heavy atom. The third-order valence-corrected chi connectivity index (χ3v) is 2.99. The average molecular weight is 308 g/mol. The number of hydrogen-bond donors (Lipinski definition) is 3. The van der Waals surface area contributed by atoms with Crippen molar-refractivity contribution < 1.29 is 19.4 Å². The first kappa shape index (κ1) is 18.1. The van der Waals surface area contributed by atoms with Crippen molar-refractivity contribution in [1.29, 1.82) is 0 Å². The molecular formula is C16H24N2O4. The van der Waals surface area contributed by atoms with Crippen LogP contribution in [0.1, 0.15) is 36.7 Å². The topological polar surface area (TPSA) is 102 Å². The normalized spacial score (nSPS) is 12.2. The van der Waals surface area contributed by atoms with E-state index in [-0.39, 0.29) is 24.9 Å². The van der Waals surface area contributed by atoms with Gasteiger partial charge in [-0.2, -0.15) is 0 Å². The first-order valence-corrected chi connectivity index (χ1v) is 7.26.